The molecule has 1 aromatic rings. The molecule has 0 aliphatic carbocycles. The van der Waals surface area contributed by atoms with Crippen molar-refractivity contribution in [1.82, 2.24) is 0 Å². The molecule has 1 N–H and O–H groups in total. The van der Waals surface area contributed by atoms with Crippen LogP contribution in [0.25, 0.3) is 0 Å². The summed E-state index contributed by atoms with van der Waals surface area (Å²) in [7, 11) is 0. The number of hydrogen-bond acceptors (Lipinski definition) is 1. The van der Waals surface area contributed by atoms with Gasteiger partial charge >= 0.3 is 0 Å². The highest BCUT2D eigenvalue weighted by Crippen LogP contribution is 2.25. The van der Waals surface area contributed by atoms with E-state index < -0.39 is 6.08 Å². The van der Waals surface area contributed by atoms with Crippen molar-refractivity contribution in [2.24, 2.45) is 0 Å². The number of amides is 1. The number of anilines is 1. The molecule has 0 aromatic heterocycles. The fraction of sp³-hybridized carbons (Fsp3) is 0.357. The van der Waals surface area contributed by atoms with Gasteiger partial charge in [0.05, 0.1) is 10.7 Å². The summed E-state index contributed by atoms with van der Waals surface area (Å²) in [5, 5.41) is 3.44. The second-order valence-electron chi connectivity index (χ2n) is 4.24. The molecule has 6 heteroatoms. The number of rotatable bonds is 6. The Morgan fingerprint density at radius 3 is 2.50 bits per heavy atom. The summed E-state index contributed by atoms with van der Waals surface area (Å²) in [5.74, 6) is -0.260. The van der Waals surface area contributed by atoms with Gasteiger partial charge in [0.2, 0.25) is 5.91 Å². The smallest absolute Gasteiger partial charge is 0.269 e. The summed E-state index contributed by atoms with van der Waals surface area (Å²) in [4.78, 5) is 11.7. The van der Waals surface area contributed by atoms with E-state index in [1.54, 1.807) is 19.1 Å². The normalized spacial score (nSPS) is 10.2. The summed E-state index contributed by atoms with van der Waals surface area (Å²) in [5.41, 5.74) is 0.561. The Labute approximate surface area is 126 Å². The minimum Gasteiger partial charge on any atom is -0.325 e. The molecule has 110 valence electrons. The van der Waals surface area contributed by atoms with Crippen molar-refractivity contribution in [3.05, 3.63) is 39.9 Å². The van der Waals surface area contributed by atoms with Crippen LogP contribution in [0.3, 0.4) is 0 Å². The number of halogens is 4. The number of hydrogen-bond donors (Lipinski definition) is 1. The summed E-state index contributed by atoms with van der Waals surface area (Å²) in [6.07, 6.45) is -0.588. The lowest BCUT2D eigenvalue weighted by Crippen LogP contribution is -2.11. The van der Waals surface area contributed by atoms with Gasteiger partial charge in [0.15, 0.2) is 0 Å². The SMILES string of the molecule is CCC(CCCC(=O)Nc1ccc(Cl)cc1Cl)=C(F)F. The zero-order valence-electron chi connectivity index (χ0n) is 11.0. The molecule has 1 rings (SSSR count). The van der Waals surface area contributed by atoms with Crippen LogP contribution in [-0.4, -0.2) is 5.91 Å². The number of benzene rings is 1. The van der Waals surface area contributed by atoms with Crippen LogP contribution in [0.2, 0.25) is 10.0 Å². The average molecular weight is 322 g/mol. The lowest BCUT2D eigenvalue weighted by Gasteiger charge is -2.08. The molecule has 0 spiro atoms. The predicted molar refractivity (Wildman–Crippen MR) is 78.5 cm³/mol. The molecule has 2 nitrogen and oxygen atoms in total. The van der Waals surface area contributed by atoms with E-state index in [0.29, 0.717) is 28.6 Å². The summed E-state index contributed by atoms with van der Waals surface area (Å²) >= 11 is 11.7. The summed E-state index contributed by atoms with van der Waals surface area (Å²) in [6, 6.07) is 4.73. The first kappa shape index (κ1) is 16.9. The Morgan fingerprint density at radius 1 is 1.25 bits per heavy atom. The van der Waals surface area contributed by atoms with Gasteiger partial charge in [0.25, 0.3) is 6.08 Å². The molecule has 0 atom stereocenters. The van der Waals surface area contributed by atoms with E-state index in [0.717, 1.165) is 0 Å². The molecular weight excluding hydrogens is 307 g/mol. The van der Waals surface area contributed by atoms with Crippen LogP contribution >= 0.6 is 23.2 Å². The quantitative estimate of drug-likeness (QED) is 0.719. The number of carbonyl (C=O) groups excluding carboxylic acids is 1. The zero-order valence-corrected chi connectivity index (χ0v) is 12.5. The molecule has 0 saturated carbocycles. The Bertz CT molecular complexity index is 514. The third-order valence-corrected chi connectivity index (χ3v) is 3.33. The Morgan fingerprint density at radius 2 is 1.95 bits per heavy atom. The maximum atomic E-state index is 12.4. The van der Waals surface area contributed by atoms with Crippen molar-refractivity contribution in [2.45, 2.75) is 32.6 Å². The van der Waals surface area contributed by atoms with Gasteiger partial charge in [-0.3, -0.25) is 4.79 Å². The molecule has 0 heterocycles. The van der Waals surface area contributed by atoms with Gasteiger partial charge in [0.1, 0.15) is 0 Å². The largest absolute Gasteiger partial charge is 0.325 e. The summed E-state index contributed by atoms with van der Waals surface area (Å²) in [6.45, 7) is 1.67. The van der Waals surface area contributed by atoms with E-state index in [4.69, 9.17) is 23.2 Å². The number of nitrogens with one attached hydrogen (secondary N) is 1. The van der Waals surface area contributed by atoms with Crippen molar-refractivity contribution in [1.29, 1.82) is 0 Å². The lowest BCUT2D eigenvalue weighted by atomic mass is 10.1. The molecule has 0 radical (unpaired) electrons. The lowest BCUT2D eigenvalue weighted by molar-refractivity contribution is -0.116. The maximum absolute atomic E-state index is 12.4. The van der Waals surface area contributed by atoms with Gasteiger partial charge in [-0.25, -0.2) is 0 Å². The fourth-order valence-electron chi connectivity index (χ4n) is 1.67. The standard InChI is InChI=1S/C14H15Cl2F2NO/c1-2-9(14(17)18)4-3-5-13(20)19-12-7-6-10(15)8-11(12)16/h6-8H,2-5H2,1H3,(H,19,20). The first-order valence-corrected chi connectivity index (χ1v) is 6.97. The van der Waals surface area contributed by atoms with Gasteiger partial charge < -0.3 is 5.32 Å². The maximum Gasteiger partial charge on any atom is 0.269 e. The average Bonchev–Trinajstić information content (AvgIpc) is 2.37. The molecular formula is C14H15Cl2F2NO. The van der Waals surface area contributed by atoms with Crippen LogP contribution < -0.4 is 5.32 Å². The molecule has 0 aliphatic heterocycles. The molecule has 1 amide bonds. The predicted octanol–water partition coefficient (Wildman–Crippen LogP) is 5.66. The van der Waals surface area contributed by atoms with Crippen molar-refractivity contribution in [3.63, 3.8) is 0 Å². The highest BCUT2D eigenvalue weighted by molar-refractivity contribution is 6.36. The Kier molecular flexibility index (Phi) is 6.96. The van der Waals surface area contributed by atoms with E-state index in [9.17, 15) is 13.6 Å². The topological polar surface area (TPSA) is 29.1 Å². The van der Waals surface area contributed by atoms with Crippen molar-refractivity contribution >= 4 is 34.8 Å². The first-order chi connectivity index (χ1) is 9.43. The first-order valence-electron chi connectivity index (χ1n) is 6.22. The number of allylic oxidation sites excluding steroid dienone is 1. The van der Waals surface area contributed by atoms with Crippen LogP contribution in [0.15, 0.2) is 29.9 Å². The van der Waals surface area contributed by atoms with Gasteiger partial charge in [-0.15, -0.1) is 0 Å². The van der Waals surface area contributed by atoms with Crippen LogP contribution in [0.4, 0.5) is 14.5 Å². The van der Waals surface area contributed by atoms with E-state index in [-0.39, 0.29) is 24.3 Å². The minimum absolute atomic E-state index is 0.0994. The van der Waals surface area contributed by atoms with Crippen LogP contribution in [0.5, 0.6) is 0 Å². The van der Waals surface area contributed by atoms with Crippen molar-refractivity contribution in [3.8, 4) is 0 Å². The summed E-state index contributed by atoms with van der Waals surface area (Å²) < 4.78 is 24.8. The van der Waals surface area contributed by atoms with Crippen LogP contribution in [0, 0.1) is 0 Å². The van der Waals surface area contributed by atoms with Gasteiger partial charge in [0, 0.05) is 11.4 Å². The molecule has 0 bridgehead atoms. The van der Waals surface area contributed by atoms with E-state index in [1.807, 2.05) is 0 Å². The Hall–Kier alpha value is -1.13. The molecule has 0 aliphatic rings. The minimum atomic E-state index is -1.64. The van der Waals surface area contributed by atoms with Crippen molar-refractivity contribution in [2.75, 3.05) is 5.32 Å². The molecule has 20 heavy (non-hydrogen) atoms. The second kappa shape index (κ2) is 8.22. The van der Waals surface area contributed by atoms with Crippen LogP contribution in [-0.2, 0) is 4.79 Å². The van der Waals surface area contributed by atoms with Gasteiger partial charge in [-0.1, -0.05) is 30.1 Å². The zero-order chi connectivity index (χ0) is 15.1. The third-order valence-electron chi connectivity index (χ3n) is 2.78. The monoisotopic (exact) mass is 321 g/mol. The molecule has 0 saturated heterocycles. The molecule has 0 fully saturated rings. The molecule has 0 unspecified atom stereocenters. The fourth-order valence-corrected chi connectivity index (χ4v) is 2.13. The van der Waals surface area contributed by atoms with Crippen molar-refractivity contribution < 1.29 is 13.6 Å². The van der Waals surface area contributed by atoms with E-state index >= 15 is 0 Å². The van der Waals surface area contributed by atoms with Gasteiger partial charge in [-0.2, -0.15) is 8.78 Å². The van der Waals surface area contributed by atoms with E-state index in [1.165, 1.54) is 6.07 Å². The number of carbonyl (C=O) groups is 1. The Balaban J connectivity index is 2.47. The highest BCUT2D eigenvalue weighted by Gasteiger charge is 2.08. The van der Waals surface area contributed by atoms with Crippen LogP contribution in [0.1, 0.15) is 32.6 Å². The highest BCUT2D eigenvalue weighted by atomic mass is 35.5. The van der Waals surface area contributed by atoms with Gasteiger partial charge in [-0.05, 0) is 43.0 Å². The molecule has 1 aromatic carbocycles. The third kappa shape index (κ3) is 5.47. The van der Waals surface area contributed by atoms with E-state index in [2.05, 4.69) is 5.32 Å². The second-order valence-corrected chi connectivity index (χ2v) is 5.09.